The van der Waals surface area contributed by atoms with Gasteiger partial charge in [0.15, 0.2) is 0 Å². The second-order valence-corrected chi connectivity index (χ2v) is 6.20. The average Bonchev–Trinajstić information content (AvgIpc) is 2.46. The van der Waals surface area contributed by atoms with Gasteiger partial charge in [0.2, 0.25) is 0 Å². The van der Waals surface area contributed by atoms with E-state index in [-0.39, 0.29) is 6.09 Å². The van der Waals surface area contributed by atoms with Crippen molar-refractivity contribution in [3.8, 4) is 6.07 Å². The fraction of sp³-hybridized carbons (Fsp3) is 0.500. The molecule has 21 heavy (non-hydrogen) atoms. The monoisotopic (exact) mass is 287 g/mol. The third-order valence-electron chi connectivity index (χ3n) is 3.35. The molecule has 0 aromatic heterocycles. The predicted molar refractivity (Wildman–Crippen MR) is 80.0 cm³/mol. The van der Waals surface area contributed by atoms with Crippen molar-refractivity contribution in [3.63, 3.8) is 0 Å². The summed E-state index contributed by atoms with van der Waals surface area (Å²) in [6.45, 7) is 6.90. The van der Waals surface area contributed by atoms with Gasteiger partial charge in [-0.15, -0.1) is 0 Å². The molecule has 2 rings (SSSR count). The minimum Gasteiger partial charge on any atom is -0.443 e. The summed E-state index contributed by atoms with van der Waals surface area (Å²) >= 11 is 0. The number of amides is 1. The molecule has 0 bridgehead atoms. The molecule has 2 aliphatic heterocycles. The van der Waals surface area contributed by atoms with Crippen LogP contribution in [0, 0.1) is 17.2 Å². The number of hydrogen-bond acceptors (Lipinski definition) is 4. The molecular weight excluding hydrogens is 266 g/mol. The van der Waals surface area contributed by atoms with E-state index in [2.05, 4.69) is 11.4 Å². The van der Waals surface area contributed by atoms with E-state index >= 15 is 0 Å². The number of allylic oxidation sites excluding steroid dienone is 4. The van der Waals surface area contributed by atoms with E-state index in [1.54, 1.807) is 17.2 Å². The van der Waals surface area contributed by atoms with Crippen molar-refractivity contribution < 1.29 is 9.53 Å². The van der Waals surface area contributed by atoms with Crippen LogP contribution < -0.4 is 5.32 Å². The molecule has 0 aliphatic carbocycles. The van der Waals surface area contributed by atoms with E-state index in [1.165, 1.54) is 5.57 Å². The van der Waals surface area contributed by atoms with Gasteiger partial charge < -0.3 is 10.1 Å². The van der Waals surface area contributed by atoms with Crippen LogP contribution in [0.1, 0.15) is 27.2 Å². The molecule has 1 amide bonds. The van der Waals surface area contributed by atoms with Gasteiger partial charge in [0.1, 0.15) is 17.4 Å². The van der Waals surface area contributed by atoms with Gasteiger partial charge in [-0.3, -0.25) is 4.90 Å². The first kappa shape index (κ1) is 15.2. The van der Waals surface area contributed by atoms with Crippen molar-refractivity contribution in [2.24, 2.45) is 5.92 Å². The molecule has 0 fully saturated rings. The van der Waals surface area contributed by atoms with E-state index in [0.29, 0.717) is 24.7 Å². The summed E-state index contributed by atoms with van der Waals surface area (Å²) < 4.78 is 5.35. The highest BCUT2D eigenvalue weighted by Crippen LogP contribution is 2.24. The lowest BCUT2D eigenvalue weighted by Gasteiger charge is -2.30. The molecule has 1 unspecified atom stereocenters. The lowest BCUT2D eigenvalue weighted by molar-refractivity contribution is 0.0321. The first-order valence-corrected chi connectivity index (χ1v) is 7.12. The van der Waals surface area contributed by atoms with Crippen LogP contribution in [0.4, 0.5) is 4.79 Å². The Bertz CT molecular complexity index is 547. The maximum atomic E-state index is 12.0. The number of ether oxygens (including phenoxy) is 1. The van der Waals surface area contributed by atoms with Crippen LogP contribution in [0.2, 0.25) is 0 Å². The van der Waals surface area contributed by atoms with Gasteiger partial charge in [-0.25, -0.2) is 4.79 Å². The van der Waals surface area contributed by atoms with Crippen LogP contribution in [0.25, 0.3) is 0 Å². The summed E-state index contributed by atoms with van der Waals surface area (Å²) in [6, 6.07) is 2.09. The van der Waals surface area contributed by atoms with Crippen LogP contribution in [0.15, 0.2) is 35.7 Å². The van der Waals surface area contributed by atoms with E-state index in [0.717, 1.165) is 6.42 Å². The summed E-state index contributed by atoms with van der Waals surface area (Å²) in [4.78, 5) is 13.6. The first-order valence-electron chi connectivity index (χ1n) is 7.12. The topological polar surface area (TPSA) is 65.4 Å². The Morgan fingerprint density at radius 3 is 2.71 bits per heavy atom. The normalized spacial score (nSPS) is 21.8. The quantitative estimate of drug-likeness (QED) is 0.805. The summed E-state index contributed by atoms with van der Waals surface area (Å²) in [6.07, 6.45) is 8.16. The van der Waals surface area contributed by atoms with Crippen molar-refractivity contribution in [3.05, 3.63) is 35.7 Å². The van der Waals surface area contributed by atoms with Crippen molar-refractivity contribution in [1.82, 2.24) is 10.2 Å². The summed E-state index contributed by atoms with van der Waals surface area (Å²) in [5.41, 5.74) is 1.35. The Morgan fingerprint density at radius 2 is 2.24 bits per heavy atom. The van der Waals surface area contributed by atoms with Gasteiger partial charge >= 0.3 is 6.09 Å². The van der Waals surface area contributed by atoms with E-state index < -0.39 is 5.60 Å². The first-order chi connectivity index (χ1) is 9.89. The lowest BCUT2D eigenvalue weighted by Crippen LogP contribution is -2.37. The second kappa shape index (κ2) is 6.04. The van der Waals surface area contributed by atoms with Crippen LogP contribution in [0.5, 0.6) is 0 Å². The maximum absolute atomic E-state index is 12.0. The number of nitrogens with zero attached hydrogens (tertiary/aromatic N) is 2. The highest BCUT2D eigenvalue weighted by atomic mass is 16.6. The third-order valence-corrected chi connectivity index (χ3v) is 3.35. The number of carbonyl (C=O) groups is 1. The van der Waals surface area contributed by atoms with Gasteiger partial charge in [-0.1, -0.05) is 12.2 Å². The number of nitrogens with one attached hydrogen (secondary N) is 1. The molecule has 2 aliphatic rings. The Kier molecular flexibility index (Phi) is 4.37. The maximum Gasteiger partial charge on any atom is 0.414 e. The SMILES string of the molecule is CC(C)(C)OC(=O)N1C=CC(C2=CC=C(C#N)NC2)CC1. The molecule has 0 aromatic rings. The average molecular weight is 287 g/mol. The van der Waals surface area contributed by atoms with E-state index in [1.807, 2.05) is 32.9 Å². The van der Waals surface area contributed by atoms with Crippen LogP contribution in [-0.4, -0.2) is 29.7 Å². The standard InChI is InChI=1S/C16H21N3O2/c1-16(2,3)21-15(20)19-8-6-12(7-9-19)13-4-5-14(10-17)18-11-13/h4-6,8,12,18H,7,9,11H2,1-3H3. The molecule has 0 saturated carbocycles. The Labute approximate surface area is 125 Å². The zero-order chi connectivity index (χ0) is 15.5. The minimum atomic E-state index is -0.476. The third kappa shape index (κ3) is 4.12. The van der Waals surface area contributed by atoms with Crippen molar-refractivity contribution in [1.29, 1.82) is 5.26 Å². The molecule has 5 heteroatoms. The number of dihydropyridines is 1. The molecule has 112 valence electrons. The fourth-order valence-corrected chi connectivity index (χ4v) is 2.28. The summed E-state index contributed by atoms with van der Waals surface area (Å²) in [5.74, 6) is 0.299. The molecule has 5 nitrogen and oxygen atoms in total. The van der Waals surface area contributed by atoms with E-state index in [4.69, 9.17) is 10.00 Å². The zero-order valence-electron chi connectivity index (χ0n) is 12.7. The molecule has 0 spiro atoms. The number of carbonyl (C=O) groups excluding carboxylic acids is 1. The predicted octanol–water partition coefficient (Wildman–Crippen LogP) is 2.69. The number of nitriles is 1. The lowest BCUT2D eigenvalue weighted by atomic mass is 9.91. The highest BCUT2D eigenvalue weighted by molar-refractivity contribution is 5.69. The number of rotatable bonds is 1. The molecule has 0 aromatic carbocycles. The van der Waals surface area contributed by atoms with Crippen LogP contribution in [-0.2, 0) is 4.74 Å². The second-order valence-electron chi connectivity index (χ2n) is 6.20. The molecule has 0 radical (unpaired) electrons. The molecule has 2 heterocycles. The molecular formula is C16H21N3O2. The van der Waals surface area contributed by atoms with Crippen molar-refractivity contribution in [2.45, 2.75) is 32.8 Å². The number of hydrogen-bond donors (Lipinski definition) is 1. The molecule has 0 saturated heterocycles. The van der Waals surface area contributed by atoms with Crippen molar-refractivity contribution in [2.75, 3.05) is 13.1 Å². The van der Waals surface area contributed by atoms with Gasteiger partial charge in [-0.05, 0) is 38.8 Å². The highest BCUT2D eigenvalue weighted by Gasteiger charge is 2.25. The Morgan fingerprint density at radius 1 is 1.48 bits per heavy atom. The van der Waals surface area contributed by atoms with Crippen LogP contribution >= 0.6 is 0 Å². The Hall–Kier alpha value is -2.22. The van der Waals surface area contributed by atoms with E-state index in [9.17, 15) is 4.79 Å². The van der Waals surface area contributed by atoms with Crippen molar-refractivity contribution >= 4 is 6.09 Å². The van der Waals surface area contributed by atoms with Gasteiger partial charge in [0.05, 0.1) is 0 Å². The summed E-state index contributed by atoms with van der Waals surface area (Å²) in [5, 5.41) is 11.9. The molecule has 1 atom stereocenters. The van der Waals surface area contributed by atoms with Gasteiger partial charge in [0.25, 0.3) is 0 Å². The smallest absolute Gasteiger partial charge is 0.414 e. The van der Waals surface area contributed by atoms with Crippen LogP contribution in [0.3, 0.4) is 0 Å². The summed E-state index contributed by atoms with van der Waals surface area (Å²) in [7, 11) is 0. The molecule has 1 N–H and O–H groups in total. The fourth-order valence-electron chi connectivity index (χ4n) is 2.28. The largest absolute Gasteiger partial charge is 0.443 e. The Balaban J connectivity index is 1.97. The van der Waals surface area contributed by atoms with Gasteiger partial charge in [0, 0.05) is 25.2 Å². The minimum absolute atomic E-state index is 0.299. The van der Waals surface area contributed by atoms with Gasteiger partial charge in [-0.2, -0.15) is 5.26 Å². The zero-order valence-corrected chi connectivity index (χ0v) is 12.7.